The van der Waals surface area contributed by atoms with Crippen LogP contribution in [0.5, 0.6) is 0 Å². The number of likely N-dealkylation sites (tertiary alicyclic amines) is 1. The number of benzene rings is 5. The van der Waals surface area contributed by atoms with Gasteiger partial charge in [-0.15, -0.1) is 0 Å². The fourth-order valence-corrected chi connectivity index (χ4v) is 12.2. The molecule has 44 heavy (non-hydrogen) atoms. The Bertz CT molecular complexity index is 1470. The van der Waals surface area contributed by atoms with Crippen LogP contribution in [-0.4, -0.2) is 43.6 Å². The predicted octanol–water partition coefficient (Wildman–Crippen LogP) is 6.99. The molecule has 0 amide bonds. The highest BCUT2D eigenvalue weighted by molar-refractivity contribution is 6.99. The SMILES string of the molecule is CC(C)(C)[Si](O[C@@H]1C[C@@H](CO)N(C(c2ccccc2)(c2ccccc2)c2ccccc2)C1)(c1ccccc1)c1ccccc1. The van der Waals surface area contributed by atoms with Crippen LogP contribution in [0.15, 0.2) is 152 Å². The molecular formula is C40H43NO2Si. The van der Waals surface area contributed by atoms with Crippen LogP contribution in [0.2, 0.25) is 5.04 Å². The first-order chi connectivity index (χ1) is 21.4. The maximum absolute atomic E-state index is 11.1. The Morgan fingerprint density at radius 3 is 1.32 bits per heavy atom. The Labute approximate surface area is 263 Å². The third-order valence-electron chi connectivity index (χ3n) is 9.35. The summed E-state index contributed by atoms with van der Waals surface area (Å²) in [5.41, 5.74) is 2.94. The second-order valence-electron chi connectivity index (χ2n) is 12.9. The Hall–Kier alpha value is -3.80. The van der Waals surface area contributed by atoms with Gasteiger partial charge in [-0.2, -0.15) is 0 Å². The maximum Gasteiger partial charge on any atom is 0.261 e. The first-order valence-electron chi connectivity index (χ1n) is 15.7. The van der Waals surface area contributed by atoms with Crippen molar-refractivity contribution in [3.63, 3.8) is 0 Å². The lowest BCUT2D eigenvalue weighted by Gasteiger charge is -2.47. The van der Waals surface area contributed by atoms with Crippen molar-refractivity contribution >= 4 is 18.7 Å². The van der Waals surface area contributed by atoms with E-state index in [4.69, 9.17) is 4.43 Å². The minimum absolute atomic E-state index is 0.0505. The topological polar surface area (TPSA) is 32.7 Å². The number of hydrogen-bond acceptors (Lipinski definition) is 3. The normalized spacial score (nSPS) is 17.9. The zero-order valence-electron chi connectivity index (χ0n) is 26.0. The number of aliphatic hydroxyl groups is 1. The molecule has 5 aromatic rings. The van der Waals surface area contributed by atoms with Gasteiger partial charge in [0.1, 0.15) is 0 Å². The van der Waals surface area contributed by atoms with Crippen LogP contribution in [-0.2, 0) is 9.96 Å². The van der Waals surface area contributed by atoms with Gasteiger partial charge in [0.15, 0.2) is 0 Å². The molecule has 5 aromatic carbocycles. The molecule has 6 rings (SSSR count). The highest BCUT2D eigenvalue weighted by Crippen LogP contribution is 2.47. The second-order valence-corrected chi connectivity index (χ2v) is 17.2. The van der Waals surface area contributed by atoms with E-state index < -0.39 is 13.9 Å². The molecule has 0 aromatic heterocycles. The van der Waals surface area contributed by atoms with Crippen LogP contribution in [0, 0.1) is 0 Å². The summed E-state index contributed by atoms with van der Waals surface area (Å²) in [6.45, 7) is 7.73. The standard InChI is InChI=1S/C40H43NO2Si/c1-39(2,3)44(37-25-15-7-16-26-37,38-27-17-8-18-28-38)43-36-29-35(31-42)41(30-36)40(32-19-9-4-10-20-32,33-21-11-5-12-22-33)34-23-13-6-14-24-34/h4-28,35-36,42H,29-31H2,1-3H3/t35-,36+/m0/s1. The molecule has 1 aliphatic rings. The predicted molar refractivity (Wildman–Crippen MR) is 184 cm³/mol. The molecule has 0 aliphatic carbocycles. The lowest BCUT2D eigenvalue weighted by Crippen LogP contribution is -2.68. The van der Waals surface area contributed by atoms with Crippen LogP contribution in [0.1, 0.15) is 43.9 Å². The molecule has 224 valence electrons. The summed E-state index contributed by atoms with van der Waals surface area (Å²) in [5.74, 6) is 0. The highest BCUT2D eigenvalue weighted by atomic mass is 28.4. The van der Waals surface area contributed by atoms with Crippen LogP contribution in [0.3, 0.4) is 0 Å². The lowest BCUT2D eigenvalue weighted by molar-refractivity contribution is 0.0884. The number of aliphatic hydroxyl groups excluding tert-OH is 1. The molecule has 4 heteroatoms. The Morgan fingerprint density at radius 1 is 0.614 bits per heavy atom. The minimum atomic E-state index is -2.79. The highest BCUT2D eigenvalue weighted by Gasteiger charge is 2.55. The second kappa shape index (κ2) is 12.7. The fourth-order valence-electron chi connectivity index (χ4n) is 7.52. The van der Waals surface area contributed by atoms with Crippen molar-refractivity contribution in [1.29, 1.82) is 0 Å². The van der Waals surface area contributed by atoms with Crippen molar-refractivity contribution in [2.75, 3.05) is 13.2 Å². The molecule has 3 nitrogen and oxygen atoms in total. The molecule has 0 radical (unpaired) electrons. The molecule has 2 atom stereocenters. The lowest BCUT2D eigenvalue weighted by atomic mass is 9.75. The summed E-state index contributed by atoms with van der Waals surface area (Å²) in [4.78, 5) is 2.52. The molecule has 0 saturated carbocycles. The van der Waals surface area contributed by atoms with Gasteiger partial charge in [-0.05, 0) is 38.5 Å². The van der Waals surface area contributed by atoms with E-state index in [1.807, 2.05) is 0 Å². The van der Waals surface area contributed by atoms with E-state index in [9.17, 15) is 5.11 Å². The molecular weight excluding hydrogens is 555 g/mol. The van der Waals surface area contributed by atoms with Crippen LogP contribution >= 0.6 is 0 Å². The van der Waals surface area contributed by atoms with Gasteiger partial charge in [0.05, 0.1) is 18.2 Å². The number of nitrogens with zero attached hydrogens (tertiary/aromatic N) is 1. The summed E-state index contributed by atoms with van der Waals surface area (Å²) in [5, 5.41) is 13.5. The van der Waals surface area contributed by atoms with Crippen molar-refractivity contribution in [3.05, 3.63) is 168 Å². The van der Waals surface area contributed by atoms with Crippen molar-refractivity contribution < 1.29 is 9.53 Å². The van der Waals surface area contributed by atoms with Gasteiger partial charge in [-0.1, -0.05) is 172 Å². The first-order valence-corrected chi connectivity index (χ1v) is 17.6. The van der Waals surface area contributed by atoms with E-state index in [1.54, 1.807) is 0 Å². The molecule has 1 fully saturated rings. The van der Waals surface area contributed by atoms with E-state index in [0.29, 0.717) is 6.54 Å². The molecule has 0 unspecified atom stereocenters. The van der Waals surface area contributed by atoms with Gasteiger partial charge >= 0.3 is 0 Å². The van der Waals surface area contributed by atoms with E-state index in [0.717, 1.165) is 6.42 Å². The molecule has 1 saturated heterocycles. The summed E-state index contributed by atoms with van der Waals surface area (Å²) in [7, 11) is -2.79. The fraction of sp³-hybridized carbons (Fsp3) is 0.250. The number of hydrogen-bond donors (Lipinski definition) is 1. The zero-order chi connectivity index (χ0) is 30.6. The van der Waals surface area contributed by atoms with Crippen LogP contribution in [0.25, 0.3) is 0 Å². The molecule has 0 bridgehead atoms. The van der Waals surface area contributed by atoms with E-state index in [1.165, 1.54) is 27.1 Å². The van der Waals surface area contributed by atoms with Crippen molar-refractivity contribution in [2.45, 2.75) is 49.9 Å². The first kappa shape index (κ1) is 30.2. The zero-order valence-corrected chi connectivity index (χ0v) is 27.0. The monoisotopic (exact) mass is 597 g/mol. The molecule has 0 spiro atoms. The van der Waals surface area contributed by atoms with Crippen LogP contribution < -0.4 is 10.4 Å². The van der Waals surface area contributed by atoms with Crippen molar-refractivity contribution in [3.8, 4) is 0 Å². The van der Waals surface area contributed by atoms with Gasteiger partial charge in [0, 0.05) is 12.6 Å². The van der Waals surface area contributed by atoms with Gasteiger partial charge in [0.25, 0.3) is 8.32 Å². The third kappa shape index (κ3) is 5.26. The van der Waals surface area contributed by atoms with Crippen molar-refractivity contribution in [1.82, 2.24) is 4.90 Å². The summed E-state index contributed by atoms with van der Waals surface area (Å²) in [6, 6.07) is 54.0. The van der Waals surface area contributed by atoms with Crippen LogP contribution in [0.4, 0.5) is 0 Å². The third-order valence-corrected chi connectivity index (χ3v) is 14.4. The van der Waals surface area contributed by atoms with Gasteiger partial charge in [-0.3, -0.25) is 4.90 Å². The van der Waals surface area contributed by atoms with Gasteiger partial charge < -0.3 is 9.53 Å². The Balaban J connectivity index is 1.52. The van der Waals surface area contributed by atoms with Gasteiger partial charge in [-0.25, -0.2) is 0 Å². The summed E-state index contributed by atoms with van der Waals surface area (Å²) >= 11 is 0. The van der Waals surface area contributed by atoms with E-state index in [2.05, 4.69) is 177 Å². The number of rotatable bonds is 9. The average Bonchev–Trinajstić information content (AvgIpc) is 3.48. The van der Waals surface area contributed by atoms with Gasteiger partial charge in [0.2, 0.25) is 0 Å². The summed E-state index contributed by atoms with van der Waals surface area (Å²) in [6.07, 6.45) is 0.670. The smallest absolute Gasteiger partial charge is 0.261 e. The van der Waals surface area contributed by atoms with E-state index >= 15 is 0 Å². The summed E-state index contributed by atoms with van der Waals surface area (Å²) < 4.78 is 7.69. The Kier molecular flexibility index (Phi) is 8.70. The molecule has 1 N–H and O–H groups in total. The molecule has 1 aliphatic heterocycles. The van der Waals surface area contributed by atoms with Crippen molar-refractivity contribution in [2.24, 2.45) is 0 Å². The largest absolute Gasteiger partial charge is 0.403 e. The minimum Gasteiger partial charge on any atom is -0.403 e. The molecule has 1 heterocycles. The quantitative estimate of drug-likeness (QED) is 0.147. The van der Waals surface area contributed by atoms with E-state index in [-0.39, 0.29) is 23.8 Å². The maximum atomic E-state index is 11.1. The average molecular weight is 598 g/mol. The Morgan fingerprint density at radius 2 is 0.977 bits per heavy atom.